The van der Waals surface area contributed by atoms with Gasteiger partial charge in [0.25, 0.3) is 5.56 Å². The summed E-state index contributed by atoms with van der Waals surface area (Å²) < 4.78 is 0. The Hall–Kier alpha value is -2.95. The first-order valence-electron chi connectivity index (χ1n) is 9.46. The van der Waals surface area contributed by atoms with E-state index >= 15 is 0 Å². The lowest BCUT2D eigenvalue weighted by molar-refractivity contribution is 0.687. The fraction of sp³-hybridized carbons (Fsp3) is 0.318. The summed E-state index contributed by atoms with van der Waals surface area (Å²) in [6.45, 7) is 6.25. The number of aromatic amines is 1. The number of pyridine rings is 1. The molecule has 1 unspecified atom stereocenters. The number of hydrogen-bond donors (Lipinski definition) is 2. The average Bonchev–Trinajstić information content (AvgIpc) is 2.69. The molecule has 0 spiro atoms. The molecule has 0 bridgehead atoms. The van der Waals surface area contributed by atoms with E-state index in [-0.39, 0.29) is 5.56 Å². The van der Waals surface area contributed by atoms with Crippen molar-refractivity contribution in [2.45, 2.75) is 46.1 Å². The number of H-pyrrole nitrogens is 1. The normalized spacial score (nSPS) is 12.0. The molecule has 3 aromatic rings. The zero-order valence-corrected chi connectivity index (χ0v) is 16.1. The van der Waals surface area contributed by atoms with Crippen LogP contribution in [-0.4, -0.2) is 21.0 Å². The van der Waals surface area contributed by atoms with Gasteiger partial charge in [-0.25, -0.2) is 9.97 Å². The average molecular weight is 362 g/mol. The maximum atomic E-state index is 11.8. The molecular weight excluding hydrogens is 336 g/mol. The molecular formula is C22H26N4O. The van der Waals surface area contributed by atoms with E-state index in [9.17, 15) is 4.79 Å². The van der Waals surface area contributed by atoms with Crippen LogP contribution in [0.3, 0.4) is 0 Å². The highest BCUT2D eigenvalue weighted by Crippen LogP contribution is 2.17. The number of aryl methyl sites for hydroxylation is 2. The van der Waals surface area contributed by atoms with E-state index in [1.54, 1.807) is 6.20 Å². The number of benzene rings is 1. The minimum Gasteiger partial charge on any atom is -0.367 e. The first-order chi connectivity index (χ1) is 13.1. The molecule has 5 nitrogen and oxygen atoms in total. The number of anilines is 1. The smallest absolute Gasteiger partial charge is 0.251 e. The Labute approximate surface area is 159 Å². The molecule has 5 heteroatoms. The molecule has 0 saturated heterocycles. The van der Waals surface area contributed by atoms with Crippen molar-refractivity contribution in [3.63, 3.8) is 0 Å². The van der Waals surface area contributed by atoms with Gasteiger partial charge in [-0.1, -0.05) is 43.7 Å². The van der Waals surface area contributed by atoms with Crippen molar-refractivity contribution < 1.29 is 0 Å². The first kappa shape index (κ1) is 18.8. The van der Waals surface area contributed by atoms with E-state index in [0.717, 1.165) is 36.3 Å². The summed E-state index contributed by atoms with van der Waals surface area (Å²) >= 11 is 0. The van der Waals surface area contributed by atoms with Crippen LogP contribution in [0.1, 0.15) is 37.1 Å². The van der Waals surface area contributed by atoms with Gasteiger partial charge < -0.3 is 10.3 Å². The zero-order chi connectivity index (χ0) is 19.2. The number of aromatic nitrogens is 3. The van der Waals surface area contributed by atoms with Crippen molar-refractivity contribution in [1.82, 2.24) is 15.0 Å². The van der Waals surface area contributed by atoms with Gasteiger partial charge in [-0.05, 0) is 43.9 Å². The van der Waals surface area contributed by atoms with Crippen LogP contribution < -0.4 is 10.9 Å². The SMILES string of the molecule is CCc1cc(=O)[nH]c(-c2ccc(NC(CC)Cc3ccc(C)cc3)nc2)n1. The highest BCUT2D eigenvalue weighted by Gasteiger charge is 2.09. The predicted molar refractivity (Wildman–Crippen MR) is 110 cm³/mol. The Morgan fingerprint density at radius 3 is 2.52 bits per heavy atom. The molecule has 0 radical (unpaired) electrons. The molecule has 27 heavy (non-hydrogen) atoms. The molecule has 0 aliphatic heterocycles. The highest BCUT2D eigenvalue weighted by atomic mass is 16.1. The second-order valence-electron chi connectivity index (χ2n) is 6.81. The van der Waals surface area contributed by atoms with Crippen molar-refractivity contribution in [3.8, 4) is 11.4 Å². The fourth-order valence-electron chi connectivity index (χ4n) is 2.96. The van der Waals surface area contributed by atoms with Gasteiger partial charge in [-0.15, -0.1) is 0 Å². The van der Waals surface area contributed by atoms with Gasteiger partial charge >= 0.3 is 0 Å². The number of nitrogens with one attached hydrogen (secondary N) is 2. The summed E-state index contributed by atoms with van der Waals surface area (Å²) in [5.74, 6) is 1.39. The third kappa shape index (κ3) is 5.03. The monoisotopic (exact) mass is 362 g/mol. The fourth-order valence-corrected chi connectivity index (χ4v) is 2.96. The third-order valence-electron chi connectivity index (χ3n) is 4.64. The summed E-state index contributed by atoms with van der Waals surface area (Å²) in [4.78, 5) is 23.5. The van der Waals surface area contributed by atoms with Gasteiger partial charge in [0.05, 0.1) is 0 Å². The standard InChI is InChI=1S/C22H26N4O/c1-4-18(12-16-8-6-15(3)7-9-16)24-20-11-10-17(14-23-20)22-25-19(5-2)13-21(27)26-22/h6-11,13-14,18H,4-5,12H2,1-3H3,(H,23,24)(H,25,26,27). The molecule has 3 rings (SSSR count). The lowest BCUT2D eigenvalue weighted by Crippen LogP contribution is -2.21. The van der Waals surface area contributed by atoms with Gasteiger partial charge in [0.15, 0.2) is 0 Å². The Morgan fingerprint density at radius 1 is 1.11 bits per heavy atom. The number of nitrogens with zero attached hydrogens (tertiary/aromatic N) is 2. The molecule has 2 aromatic heterocycles. The Morgan fingerprint density at radius 2 is 1.89 bits per heavy atom. The Kier molecular flexibility index (Phi) is 6.01. The highest BCUT2D eigenvalue weighted by molar-refractivity contribution is 5.56. The van der Waals surface area contributed by atoms with Crippen LogP contribution in [0.2, 0.25) is 0 Å². The van der Waals surface area contributed by atoms with Crippen molar-refractivity contribution in [2.75, 3.05) is 5.32 Å². The van der Waals surface area contributed by atoms with Crippen LogP contribution >= 0.6 is 0 Å². The molecule has 140 valence electrons. The molecule has 0 aliphatic rings. The quantitative estimate of drug-likeness (QED) is 0.663. The summed E-state index contributed by atoms with van der Waals surface area (Å²) in [5, 5.41) is 3.50. The lowest BCUT2D eigenvalue weighted by Gasteiger charge is -2.18. The predicted octanol–water partition coefficient (Wildman–Crippen LogP) is 4.14. The van der Waals surface area contributed by atoms with Gasteiger partial charge in [0, 0.05) is 29.6 Å². The minimum atomic E-state index is -0.136. The van der Waals surface area contributed by atoms with Crippen molar-refractivity contribution in [2.24, 2.45) is 0 Å². The van der Waals surface area contributed by atoms with Crippen LogP contribution in [0.15, 0.2) is 53.5 Å². The van der Waals surface area contributed by atoms with Crippen molar-refractivity contribution >= 4 is 5.82 Å². The van der Waals surface area contributed by atoms with Gasteiger partial charge in [0.2, 0.25) is 0 Å². The maximum absolute atomic E-state index is 11.8. The number of hydrogen-bond acceptors (Lipinski definition) is 4. The third-order valence-corrected chi connectivity index (χ3v) is 4.64. The molecule has 1 atom stereocenters. The Balaban J connectivity index is 1.71. The molecule has 0 amide bonds. The van der Waals surface area contributed by atoms with E-state index in [4.69, 9.17) is 0 Å². The van der Waals surface area contributed by atoms with E-state index in [2.05, 4.69) is 58.4 Å². The minimum absolute atomic E-state index is 0.136. The molecule has 1 aromatic carbocycles. The van der Waals surface area contributed by atoms with Gasteiger partial charge in [-0.3, -0.25) is 4.79 Å². The summed E-state index contributed by atoms with van der Waals surface area (Å²) in [6.07, 6.45) is 4.43. The van der Waals surface area contributed by atoms with Gasteiger partial charge in [0.1, 0.15) is 11.6 Å². The molecule has 0 aliphatic carbocycles. The first-order valence-corrected chi connectivity index (χ1v) is 9.46. The Bertz CT molecular complexity index is 930. The van der Waals surface area contributed by atoms with Crippen LogP contribution in [0.4, 0.5) is 5.82 Å². The second kappa shape index (κ2) is 8.62. The number of rotatable bonds is 7. The van der Waals surface area contributed by atoms with Gasteiger partial charge in [-0.2, -0.15) is 0 Å². The second-order valence-corrected chi connectivity index (χ2v) is 6.81. The van der Waals surface area contributed by atoms with E-state index in [1.807, 2.05) is 19.1 Å². The van der Waals surface area contributed by atoms with Crippen molar-refractivity contribution in [3.05, 3.63) is 75.8 Å². The summed E-state index contributed by atoms with van der Waals surface area (Å²) in [7, 11) is 0. The van der Waals surface area contributed by atoms with Crippen LogP contribution in [0, 0.1) is 6.92 Å². The summed E-state index contributed by atoms with van der Waals surface area (Å²) in [6, 6.07) is 14.4. The molecule has 0 fully saturated rings. The van der Waals surface area contributed by atoms with Crippen LogP contribution in [-0.2, 0) is 12.8 Å². The van der Waals surface area contributed by atoms with Crippen LogP contribution in [0.5, 0.6) is 0 Å². The largest absolute Gasteiger partial charge is 0.367 e. The molecule has 2 N–H and O–H groups in total. The maximum Gasteiger partial charge on any atom is 0.251 e. The van der Waals surface area contributed by atoms with Crippen LogP contribution in [0.25, 0.3) is 11.4 Å². The molecule has 2 heterocycles. The zero-order valence-electron chi connectivity index (χ0n) is 16.1. The van der Waals surface area contributed by atoms with E-state index < -0.39 is 0 Å². The summed E-state index contributed by atoms with van der Waals surface area (Å²) in [5.41, 5.74) is 4.04. The van der Waals surface area contributed by atoms with Crippen molar-refractivity contribution in [1.29, 1.82) is 0 Å². The molecule has 0 saturated carbocycles. The van der Waals surface area contributed by atoms with E-state index in [1.165, 1.54) is 17.2 Å². The van der Waals surface area contributed by atoms with E-state index in [0.29, 0.717) is 11.9 Å². The lowest BCUT2D eigenvalue weighted by atomic mass is 10.0. The topological polar surface area (TPSA) is 70.7 Å².